The van der Waals surface area contributed by atoms with Crippen molar-refractivity contribution in [1.82, 2.24) is 14.9 Å². The Hall–Kier alpha value is -2.43. The summed E-state index contributed by atoms with van der Waals surface area (Å²) in [5.74, 6) is 1.21. The lowest BCUT2D eigenvalue weighted by Gasteiger charge is -2.18. The Bertz CT molecular complexity index is 680. The van der Waals surface area contributed by atoms with Crippen molar-refractivity contribution in [3.63, 3.8) is 0 Å². The molecule has 1 heterocycles. The molecule has 1 aromatic heterocycles. The van der Waals surface area contributed by atoms with E-state index < -0.39 is 0 Å². The summed E-state index contributed by atoms with van der Waals surface area (Å²) in [6.45, 7) is 9.83. The van der Waals surface area contributed by atoms with Gasteiger partial charge in [-0.15, -0.1) is 0 Å². The fourth-order valence-electron chi connectivity index (χ4n) is 2.43. The van der Waals surface area contributed by atoms with Crippen LogP contribution in [-0.2, 0) is 6.54 Å². The number of benzene rings is 1. The predicted octanol–water partition coefficient (Wildman–Crippen LogP) is 3.19. The molecule has 0 aliphatic rings. The van der Waals surface area contributed by atoms with Crippen molar-refractivity contribution in [2.24, 2.45) is 0 Å². The van der Waals surface area contributed by atoms with Crippen LogP contribution in [0, 0.1) is 13.8 Å². The third kappa shape index (κ3) is 4.28. The van der Waals surface area contributed by atoms with E-state index in [9.17, 15) is 4.79 Å². The van der Waals surface area contributed by atoms with Gasteiger partial charge in [-0.25, -0.2) is 9.97 Å². The van der Waals surface area contributed by atoms with E-state index in [1.807, 2.05) is 26.0 Å². The number of carbonyl (C=O) groups excluding carboxylic acids is 1. The molecule has 1 aromatic carbocycles. The van der Waals surface area contributed by atoms with Gasteiger partial charge in [0.1, 0.15) is 17.3 Å². The van der Waals surface area contributed by atoms with Crippen molar-refractivity contribution in [2.75, 3.05) is 18.4 Å². The van der Waals surface area contributed by atoms with Crippen molar-refractivity contribution in [3.8, 4) is 0 Å². The van der Waals surface area contributed by atoms with Crippen molar-refractivity contribution in [3.05, 3.63) is 53.0 Å². The first-order valence-corrected chi connectivity index (χ1v) is 7.98. The summed E-state index contributed by atoms with van der Waals surface area (Å²) >= 11 is 0. The van der Waals surface area contributed by atoms with Crippen LogP contribution in [0.15, 0.2) is 30.3 Å². The second-order valence-corrected chi connectivity index (χ2v) is 5.44. The minimum absolute atomic E-state index is 0.0561. The summed E-state index contributed by atoms with van der Waals surface area (Å²) in [7, 11) is 0. The number of aryl methyl sites for hydroxylation is 2. The lowest BCUT2D eigenvalue weighted by Crippen LogP contribution is -2.31. The van der Waals surface area contributed by atoms with Gasteiger partial charge in [0.25, 0.3) is 5.91 Å². The lowest BCUT2D eigenvalue weighted by atomic mass is 10.1. The van der Waals surface area contributed by atoms with Crippen LogP contribution in [0.5, 0.6) is 0 Å². The van der Waals surface area contributed by atoms with E-state index in [2.05, 4.69) is 34.3 Å². The molecule has 2 aromatic rings. The van der Waals surface area contributed by atoms with Gasteiger partial charge in [0.2, 0.25) is 0 Å². The highest BCUT2D eigenvalue weighted by atomic mass is 16.2. The maximum Gasteiger partial charge on any atom is 0.272 e. The fraction of sp³-hybridized carbons (Fsp3) is 0.389. The molecule has 0 unspecified atom stereocenters. The molecule has 0 aliphatic heterocycles. The summed E-state index contributed by atoms with van der Waals surface area (Å²) in [4.78, 5) is 22.9. The highest BCUT2D eigenvalue weighted by molar-refractivity contribution is 5.93. The average Bonchev–Trinajstić information content (AvgIpc) is 2.54. The molecule has 0 saturated heterocycles. The molecule has 5 nitrogen and oxygen atoms in total. The molecular formula is C18H24N4O. The van der Waals surface area contributed by atoms with Crippen LogP contribution < -0.4 is 5.32 Å². The van der Waals surface area contributed by atoms with Gasteiger partial charge in [-0.1, -0.05) is 24.3 Å². The number of nitrogens with one attached hydrogen (secondary N) is 1. The first kappa shape index (κ1) is 16.9. The third-order valence-electron chi connectivity index (χ3n) is 3.83. The minimum atomic E-state index is -0.0561. The molecule has 122 valence electrons. The topological polar surface area (TPSA) is 58.1 Å². The van der Waals surface area contributed by atoms with Crippen molar-refractivity contribution >= 4 is 11.7 Å². The Morgan fingerprint density at radius 3 is 2.48 bits per heavy atom. The molecule has 0 saturated carbocycles. The van der Waals surface area contributed by atoms with Crippen LogP contribution in [-0.4, -0.2) is 33.9 Å². The van der Waals surface area contributed by atoms with Gasteiger partial charge in [-0.05, 0) is 38.8 Å². The number of carbonyl (C=O) groups is 1. The van der Waals surface area contributed by atoms with Crippen LogP contribution in [0.25, 0.3) is 0 Å². The number of nitrogens with zero attached hydrogens (tertiary/aromatic N) is 3. The maximum atomic E-state index is 12.4. The van der Waals surface area contributed by atoms with E-state index in [1.54, 1.807) is 17.9 Å². The van der Waals surface area contributed by atoms with Gasteiger partial charge in [0.15, 0.2) is 0 Å². The van der Waals surface area contributed by atoms with Crippen molar-refractivity contribution < 1.29 is 4.79 Å². The fourth-order valence-corrected chi connectivity index (χ4v) is 2.43. The molecule has 0 atom stereocenters. The summed E-state index contributed by atoms with van der Waals surface area (Å²) in [6.07, 6.45) is 0. The third-order valence-corrected chi connectivity index (χ3v) is 3.83. The normalized spacial score (nSPS) is 10.4. The monoisotopic (exact) mass is 312 g/mol. The minimum Gasteiger partial charge on any atom is -0.366 e. The van der Waals surface area contributed by atoms with E-state index in [1.165, 1.54) is 11.1 Å². The Morgan fingerprint density at radius 2 is 1.83 bits per heavy atom. The van der Waals surface area contributed by atoms with Crippen LogP contribution in [0.4, 0.5) is 5.82 Å². The molecule has 0 spiro atoms. The first-order valence-electron chi connectivity index (χ1n) is 7.98. The molecule has 0 bridgehead atoms. The number of rotatable bonds is 6. The Kier molecular flexibility index (Phi) is 5.68. The van der Waals surface area contributed by atoms with Crippen LogP contribution in [0.2, 0.25) is 0 Å². The largest absolute Gasteiger partial charge is 0.366 e. The molecule has 23 heavy (non-hydrogen) atoms. The van der Waals surface area contributed by atoms with Gasteiger partial charge in [-0.2, -0.15) is 0 Å². The summed E-state index contributed by atoms with van der Waals surface area (Å²) in [6, 6.07) is 9.93. The SMILES string of the molecule is CCN(CC)C(=O)c1cc(NCc2ccccc2C)nc(C)n1. The lowest BCUT2D eigenvalue weighted by molar-refractivity contribution is 0.0766. The number of anilines is 1. The molecule has 0 fully saturated rings. The summed E-state index contributed by atoms with van der Waals surface area (Å²) < 4.78 is 0. The number of hydrogen-bond donors (Lipinski definition) is 1. The second-order valence-electron chi connectivity index (χ2n) is 5.44. The molecular weight excluding hydrogens is 288 g/mol. The predicted molar refractivity (Wildman–Crippen MR) is 92.5 cm³/mol. The highest BCUT2D eigenvalue weighted by Gasteiger charge is 2.15. The number of hydrogen-bond acceptors (Lipinski definition) is 4. The molecule has 2 rings (SSSR count). The summed E-state index contributed by atoms with van der Waals surface area (Å²) in [5.41, 5.74) is 2.87. The number of aromatic nitrogens is 2. The standard InChI is InChI=1S/C18H24N4O/c1-5-22(6-2)18(23)16-11-17(21-14(4)20-16)19-12-15-10-8-7-9-13(15)3/h7-11H,5-6,12H2,1-4H3,(H,19,20,21). The number of amides is 1. The maximum absolute atomic E-state index is 12.4. The zero-order chi connectivity index (χ0) is 16.8. The van der Waals surface area contributed by atoms with Gasteiger partial charge in [-0.3, -0.25) is 4.79 Å². The smallest absolute Gasteiger partial charge is 0.272 e. The van der Waals surface area contributed by atoms with E-state index >= 15 is 0 Å². The Labute approximate surface area is 137 Å². The zero-order valence-electron chi connectivity index (χ0n) is 14.3. The van der Waals surface area contributed by atoms with Crippen LogP contribution in [0.3, 0.4) is 0 Å². The van der Waals surface area contributed by atoms with Crippen LogP contribution >= 0.6 is 0 Å². The Morgan fingerprint density at radius 1 is 1.13 bits per heavy atom. The highest BCUT2D eigenvalue weighted by Crippen LogP contribution is 2.13. The van der Waals surface area contributed by atoms with E-state index in [4.69, 9.17) is 0 Å². The van der Waals surface area contributed by atoms with E-state index in [0.717, 1.165) is 0 Å². The first-order chi connectivity index (χ1) is 11.0. The van der Waals surface area contributed by atoms with Gasteiger partial charge in [0, 0.05) is 25.7 Å². The van der Waals surface area contributed by atoms with Gasteiger partial charge in [0.05, 0.1) is 0 Å². The quantitative estimate of drug-likeness (QED) is 0.890. The zero-order valence-corrected chi connectivity index (χ0v) is 14.3. The van der Waals surface area contributed by atoms with E-state index in [-0.39, 0.29) is 5.91 Å². The molecule has 1 N–H and O–H groups in total. The van der Waals surface area contributed by atoms with Gasteiger partial charge < -0.3 is 10.2 Å². The molecule has 1 amide bonds. The van der Waals surface area contributed by atoms with Crippen LogP contribution in [0.1, 0.15) is 41.3 Å². The van der Waals surface area contributed by atoms with Crippen molar-refractivity contribution in [2.45, 2.75) is 34.2 Å². The Balaban J connectivity index is 2.17. The van der Waals surface area contributed by atoms with E-state index in [0.29, 0.717) is 37.0 Å². The molecule has 0 aliphatic carbocycles. The molecule has 5 heteroatoms. The average molecular weight is 312 g/mol. The van der Waals surface area contributed by atoms with Crippen molar-refractivity contribution in [1.29, 1.82) is 0 Å². The summed E-state index contributed by atoms with van der Waals surface area (Å²) in [5, 5.41) is 3.29. The molecule has 0 radical (unpaired) electrons. The van der Waals surface area contributed by atoms with Gasteiger partial charge >= 0.3 is 0 Å². The second kappa shape index (κ2) is 7.72.